The molecule has 0 bridgehead atoms. The molecule has 2 aromatic carbocycles. The van der Waals surface area contributed by atoms with E-state index in [0.717, 1.165) is 18.2 Å². The highest BCUT2D eigenvalue weighted by atomic mass is 19.4. The van der Waals surface area contributed by atoms with Gasteiger partial charge in [0.2, 0.25) is 5.91 Å². The lowest BCUT2D eigenvalue weighted by atomic mass is 9.62. The average molecular weight is 561 g/mol. The van der Waals surface area contributed by atoms with E-state index in [0.29, 0.717) is 38.0 Å². The second kappa shape index (κ2) is 11.0. The molecule has 2 atom stereocenters. The van der Waals surface area contributed by atoms with E-state index in [4.69, 9.17) is 9.47 Å². The van der Waals surface area contributed by atoms with Crippen molar-refractivity contribution in [2.24, 2.45) is 5.41 Å². The van der Waals surface area contributed by atoms with E-state index in [2.05, 4.69) is 5.32 Å². The highest BCUT2D eigenvalue weighted by molar-refractivity contribution is 5.88. The Hall–Kier alpha value is -3.24. The fraction of sp³-hybridized carbons (Fsp3) is 0.467. The Morgan fingerprint density at radius 1 is 1.12 bits per heavy atom. The zero-order chi connectivity index (χ0) is 28.5. The zero-order valence-corrected chi connectivity index (χ0v) is 22.2. The number of halogens is 4. The number of nitrogens with zero attached hydrogens (tertiary/aromatic N) is 1. The van der Waals surface area contributed by atoms with Crippen molar-refractivity contribution in [3.05, 3.63) is 77.1 Å². The van der Waals surface area contributed by atoms with Gasteiger partial charge in [-0.3, -0.25) is 9.59 Å². The zero-order valence-electron chi connectivity index (χ0n) is 22.2. The molecule has 3 heterocycles. The molecule has 6 nitrogen and oxygen atoms in total. The molecule has 1 N–H and O–H groups in total. The molecular weight excluding hydrogens is 528 g/mol. The molecule has 0 unspecified atom stereocenters. The van der Waals surface area contributed by atoms with Crippen molar-refractivity contribution < 1.29 is 36.6 Å². The molecule has 5 rings (SSSR count). The maximum atomic E-state index is 14.9. The summed E-state index contributed by atoms with van der Waals surface area (Å²) in [4.78, 5) is 27.5. The van der Waals surface area contributed by atoms with E-state index in [1.807, 2.05) is 6.08 Å². The molecule has 2 fully saturated rings. The summed E-state index contributed by atoms with van der Waals surface area (Å²) in [5.74, 6) is -1.85. The van der Waals surface area contributed by atoms with Crippen molar-refractivity contribution in [3.63, 3.8) is 0 Å². The summed E-state index contributed by atoms with van der Waals surface area (Å²) in [5, 5.41) is 2.86. The number of likely N-dealkylation sites (tertiary alicyclic amines) is 1. The molecule has 3 aliphatic rings. The summed E-state index contributed by atoms with van der Waals surface area (Å²) in [6, 6.07) is 11.9. The van der Waals surface area contributed by atoms with Crippen LogP contribution in [-0.2, 0) is 24.7 Å². The number of rotatable bonds is 5. The highest BCUT2D eigenvalue weighted by Gasteiger charge is 2.64. The summed E-state index contributed by atoms with van der Waals surface area (Å²) in [7, 11) is 0.905. The second-order valence-corrected chi connectivity index (χ2v) is 10.8. The number of alkyl halides is 3. The fourth-order valence-corrected chi connectivity index (χ4v) is 6.43. The summed E-state index contributed by atoms with van der Waals surface area (Å²) < 4.78 is 68.8. The number of hydrogen-bond donors (Lipinski definition) is 1. The lowest BCUT2D eigenvalue weighted by Crippen LogP contribution is -2.60. The Kier molecular flexibility index (Phi) is 7.76. The van der Waals surface area contributed by atoms with Crippen molar-refractivity contribution in [1.29, 1.82) is 0 Å². The van der Waals surface area contributed by atoms with E-state index in [1.165, 1.54) is 35.2 Å². The number of methoxy groups -OCH3 is 1. The fourth-order valence-electron chi connectivity index (χ4n) is 6.43. The molecule has 2 aromatic rings. The Morgan fingerprint density at radius 3 is 2.48 bits per heavy atom. The standard InChI is InChI=1S/C30H32F4N2O4/c1-39-29(30(32,33)34,23-6-2-4-21(16-23)22-5-3-15-40-19-22)27(38)36-13-11-28(12-14-36)17-26(37)35-18-25(28)20-7-9-24(31)10-8-20/h2,4-10,16,25H,3,11-15,17-19H2,1H3,(H,35,37)/t25-,29-/m0/s1. The van der Waals surface area contributed by atoms with Gasteiger partial charge in [-0.25, -0.2) is 4.39 Å². The monoisotopic (exact) mass is 560 g/mol. The van der Waals surface area contributed by atoms with Crippen LogP contribution in [0.3, 0.4) is 0 Å². The lowest BCUT2D eigenvalue weighted by Gasteiger charge is -2.50. The van der Waals surface area contributed by atoms with E-state index >= 15 is 0 Å². The van der Waals surface area contributed by atoms with Crippen molar-refractivity contribution in [3.8, 4) is 0 Å². The number of carbonyl (C=O) groups excluding carboxylic acids is 2. The van der Waals surface area contributed by atoms with Gasteiger partial charge in [-0.1, -0.05) is 36.4 Å². The number of ether oxygens (including phenoxy) is 2. The van der Waals surface area contributed by atoms with Gasteiger partial charge in [0.1, 0.15) is 5.82 Å². The number of nitrogens with one attached hydrogen (secondary N) is 1. The molecule has 3 aliphatic heterocycles. The molecule has 0 saturated carbocycles. The Morgan fingerprint density at radius 2 is 1.85 bits per heavy atom. The lowest BCUT2D eigenvalue weighted by molar-refractivity contribution is -0.271. The van der Waals surface area contributed by atoms with Gasteiger partial charge in [0, 0.05) is 44.6 Å². The third-order valence-corrected chi connectivity index (χ3v) is 8.63. The third-order valence-electron chi connectivity index (χ3n) is 8.63. The van der Waals surface area contributed by atoms with Crippen molar-refractivity contribution in [1.82, 2.24) is 10.2 Å². The van der Waals surface area contributed by atoms with Gasteiger partial charge in [-0.05, 0) is 59.6 Å². The molecule has 0 aromatic heterocycles. The van der Waals surface area contributed by atoms with Crippen LogP contribution in [0.15, 0.2) is 54.6 Å². The minimum Gasteiger partial charge on any atom is -0.376 e. The molecule has 0 radical (unpaired) electrons. The minimum absolute atomic E-state index is 0.0314. The van der Waals surface area contributed by atoms with Gasteiger partial charge < -0.3 is 19.7 Å². The molecule has 0 aliphatic carbocycles. The first-order chi connectivity index (χ1) is 19.1. The summed E-state index contributed by atoms with van der Waals surface area (Å²) >= 11 is 0. The van der Waals surface area contributed by atoms with Crippen LogP contribution >= 0.6 is 0 Å². The highest BCUT2D eigenvalue weighted by Crippen LogP contribution is 2.50. The molecular formula is C30H32F4N2O4. The van der Waals surface area contributed by atoms with Crippen LogP contribution in [0.2, 0.25) is 0 Å². The molecule has 2 amide bonds. The maximum Gasteiger partial charge on any atom is 0.430 e. The normalized spacial score (nSPS) is 22.8. The summed E-state index contributed by atoms with van der Waals surface area (Å²) in [6.45, 7) is 1.23. The van der Waals surface area contributed by atoms with Gasteiger partial charge in [0.25, 0.3) is 11.5 Å². The number of amides is 2. The molecule has 40 heavy (non-hydrogen) atoms. The van der Waals surface area contributed by atoms with E-state index in [-0.39, 0.29) is 49.3 Å². The molecule has 214 valence electrons. The van der Waals surface area contributed by atoms with Crippen LogP contribution in [0.25, 0.3) is 5.57 Å². The Bertz CT molecular complexity index is 1290. The first-order valence-electron chi connectivity index (χ1n) is 13.4. The van der Waals surface area contributed by atoms with Gasteiger partial charge in [-0.15, -0.1) is 0 Å². The first kappa shape index (κ1) is 28.3. The Balaban J connectivity index is 1.44. The van der Waals surface area contributed by atoms with Gasteiger partial charge in [-0.2, -0.15) is 13.2 Å². The number of carbonyl (C=O) groups is 2. The predicted molar refractivity (Wildman–Crippen MR) is 140 cm³/mol. The molecule has 2 saturated heterocycles. The van der Waals surface area contributed by atoms with Crippen LogP contribution in [0, 0.1) is 11.2 Å². The van der Waals surface area contributed by atoms with E-state index in [9.17, 15) is 27.2 Å². The summed E-state index contributed by atoms with van der Waals surface area (Å²) in [6.07, 6.45) is -1.61. The largest absolute Gasteiger partial charge is 0.430 e. The van der Waals surface area contributed by atoms with Crippen molar-refractivity contribution >= 4 is 17.4 Å². The van der Waals surface area contributed by atoms with Crippen LogP contribution in [0.4, 0.5) is 17.6 Å². The van der Waals surface area contributed by atoms with Crippen LogP contribution in [0.5, 0.6) is 0 Å². The van der Waals surface area contributed by atoms with Gasteiger partial charge in [0.15, 0.2) is 0 Å². The van der Waals surface area contributed by atoms with Crippen LogP contribution < -0.4 is 5.32 Å². The summed E-state index contributed by atoms with van der Waals surface area (Å²) in [5.41, 5.74) is -1.89. The van der Waals surface area contributed by atoms with Crippen LogP contribution in [0.1, 0.15) is 48.3 Å². The minimum atomic E-state index is -5.04. The number of piperidine rings is 2. The van der Waals surface area contributed by atoms with Crippen molar-refractivity contribution in [2.75, 3.05) is 40.0 Å². The van der Waals surface area contributed by atoms with Crippen LogP contribution in [-0.4, -0.2) is 62.8 Å². The maximum absolute atomic E-state index is 14.9. The topological polar surface area (TPSA) is 67.9 Å². The molecule has 10 heteroatoms. The predicted octanol–water partition coefficient (Wildman–Crippen LogP) is 4.95. The number of benzene rings is 2. The molecule has 1 spiro atoms. The van der Waals surface area contributed by atoms with Gasteiger partial charge in [0.05, 0.1) is 13.2 Å². The number of hydrogen-bond acceptors (Lipinski definition) is 4. The van der Waals surface area contributed by atoms with E-state index < -0.39 is 23.1 Å². The quantitative estimate of drug-likeness (QED) is 0.526. The first-order valence-corrected chi connectivity index (χ1v) is 13.4. The van der Waals surface area contributed by atoms with Crippen molar-refractivity contribution in [2.45, 2.75) is 43.4 Å². The van der Waals surface area contributed by atoms with E-state index in [1.54, 1.807) is 18.2 Å². The second-order valence-electron chi connectivity index (χ2n) is 10.8. The smallest absolute Gasteiger partial charge is 0.376 e. The third kappa shape index (κ3) is 5.03. The average Bonchev–Trinajstić information content (AvgIpc) is 2.95. The SMILES string of the molecule is CO[C@](C(=O)N1CCC2(CC1)CC(=O)NC[C@H]2c1ccc(F)cc1)(c1cccc(C2=CCCOC2)c1)C(F)(F)F. The Labute approximate surface area is 230 Å². The van der Waals surface area contributed by atoms with Gasteiger partial charge >= 0.3 is 6.18 Å².